The van der Waals surface area contributed by atoms with Gasteiger partial charge in [-0.2, -0.15) is 0 Å². The van der Waals surface area contributed by atoms with E-state index in [0.717, 1.165) is 10.4 Å². The van der Waals surface area contributed by atoms with Crippen LogP contribution < -0.4 is 21.6 Å². The van der Waals surface area contributed by atoms with Crippen LogP contribution >= 0.6 is 0 Å². The molecule has 0 saturated carbocycles. The first-order valence-corrected chi connectivity index (χ1v) is 14.8. The smallest absolute Gasteiger partial charge is 0.330 e. The van der Waals surface area contributed by atoms with Crippen LogP contribution in [0.3, 0.4) is 0 Å². The molecule has 1 saturated heterocycles. The van der Waals surface area contributed by atoms with E-state index in [1.54, 1.807) is 6.92 Å². The Morgan fingerprint density at radius 1 is 1.03 bits per heavy atom. The molecule has 202 valence electrons. The lowest BCUT2D eigenvalue weighted by Crippen LogP contribution is -2.67. The first-order valence-electron chi connectivity index (χ1n) is 12.9. The number of carbonyl (C=O) groups excluding carboxylic acids is 1. The fourth-order valence-corrected chi connectivity index (χ4v) is 9.87. The third kappa shape index (κ3) is 5.60. The summed E-state index contributed by atoms with van der Waals surface area (Å²) in [5.74, 6) is -0.571. The van der Waals surface area contributed by atoms with Gasteiger partial charge in [-0.25, -0.2) is 4.79 Å². The number of benzene rings is 2. The van der Waals surface area contributed by atoms with Crippen molar-refractivity contribution in [2.75, 3.05) is 13.2 Å². The standard InChI is InChI=1S/C29H36N2O6Si/c1-20-17-31(28(34)30-27(20)33)26-16-22(18-35-21(2)32)25(37-26)19-36-38(29(3,4)5,23-12-8-6-9-13-23)24-14-10-7-11-15-24/h6-15,17,22,25-26H,16,18-19H2,1-5H3,(H,30,33,34)/t22?,25-,26-/m1/s1. The van der Waals surface area contributed by atoms with Gasteiger partial charge in [-0.1, -0.05) is 81.4 Å². The number of nitrogens with one attached hydrogen (secondary N) is 1. The van der Waals surface area contributed by atoms with Crippen LogP contribution in [0.5, 0.6) is 0 Å². The number of esters is 1. The van der Waals surface area contributed by atoms with Crippen LogP contribution in [0.2, 0.25) is 5.04 Å². The number of ether oxygens (including phenoxy) is 2. The second kappa shape index (κ2) is 11.2. The topological polar surface area (TPSA) is 99.6 Å². The van der Waals surface area contributed by atoms with Crippen molar-refractivity contribution >= 4 is 24.7 Å². The molecule has 9 heteroatoms. The lowest BCUT2D eigenvalue weighted by molar-refractivity contribution is -0.143. The van der Waals surface area contributed by atoms with Gasteiger partial charge in [0.25, 0.3) is 13.9 Å². The third-order valence-corrected chi connectivity index (χ3v) is 12.2. The molecule has 0 radical (unpaired) electrons. The van der Waals surface area contributed by atoms with Crippen LogP contribution in [0.4, 0.5) is 0 Å². The number of aryl methyl sites for hydroxylation is 1. The maximum Gasteiger partial charge on any atom is 0.330 e. The van der Waals surface area contributed by atoms with Gasteiger partial charge in [0.05, 0.1) is 19.3 Å². The van der Waals surface area contributed by atoms with Gasteiger partial charge in [0.2, 0.25) is 0 Å². The minimum atomic E-state index is -2.82. The Bertz CT molecular complexity index is 1320. The molecule has 2 heterocycles. The van der Waals surface area contributed by atoms with E-state index in [2.05, 4.69) is 50.0 Å². The molecule has 38 heavy (non-hydrogen) atoms. The monoisotopic (exact) mass is 536 g/mol. The highest BCUT2D eigenvalue weighted by atomic mass is 28.4. The van der Waals surface area contributed by atoms with Gasteiger partial charge < -0.3 is 13.9 Å². The van der Waals surface area contributed by atoms with E-state index in [0.29, 0.717) is 12.0 Å². The molecule has 1 aliphatic rings. The third-order valence-electron chi connectivity index (χ3n) is 7.20. The number of aromatic nitrogens is 2. The van der Waals surface area contributed by atoms with Crippen molar-refractivity contribution in [1.29, 1.82) is 0 Å². The molecule has 3 aromatic rings. The van der Waals surface area contributed by atoms with Crippen molar-refractivity contribution in [3.05, 3.63) is 93.3 Å². The number of H-pyrrole nitrogens is 1. The van der Waals surface area contributed by atoms with Crippen molar-refractivity contribution in [3.8, 4) is 0 Å². The molecule has 1 aromatic heterocycles. The average Bonchev–Trinajstić information content (AvgIpc) is 3.28. The van der Waals surface area contributed by atoms with Crippen molar-refractivity contribution in [2.24, 2.45) is 5.92 Å². The summed E-state index contributed by atoms with van der Waals surface area (Å²) >= 11 is 0. The number of rotatable bonds is 8. The molecular weight excluding hydrogens is 500 g/mol. The van der Waals surface area contributed by atoms with Crippen molar-refractivity contribution < 1.29 is 18.7 Å². The molecule has 3 atom stereocenters. The molecule has 1 unspecified atom stereocenters. The summed E-state index contributed by atoms with van der Waals surface area (Å²) in [7, 11) is -2.82. The summed E-state index contributed by atoms with van der Waals surface area (Å²) in [4.78, 5) is 38.5. The highest BCUT2D eigenvalue weighted by molar-refractivity contribution is 6.99. The van der Waals surface area contributed by atoms with E-state index in [1.165, 1.54) is 17.7 Å². The van der Waals surface area contributed by atoms with E-state index in [-0.39, 0.29) is 30.1 Å². The predicted octanol–water partition coefficient (Wildman–Crippen LogP) is 2.89. The van der Waals surface area contributed by atoms with Crippen LogP contribution in [0.15, 0.2) is 76.4 Å². The van der Waals surface area contributed by atoms with Gasteiger partial charge in [0.1, 0.15) is 6.23 Å². The van der Waals surface area contributed by atoms with E-state index in [9.17, 15) is 14.4 Å². The molecular formula is C29H36N2O6Si. The zero-order valence-electron chi connectivity index (χ0n) is 22.6. The fraction of sp³-hybridized carbons (Fsp3) is 0.414. The van der Waals surface area contributed by atoms with Gasteiger partial charge >= 0.3 is 11.7 Å². The van der Waals surface area contributed by atoms with Crippen LogP contribution in [-0.4, -0.2) is 43.2 Å². The highest BCUT2D eigenvalue weighted by Crippen LogP contribution is 2.39. The minimum absolute atomic E-state index is 0.150. The SMILES string of the molecule is CC(=O)OCC1C[C@H](n2cc(C)c(=O)[nH]c2=O)O[C@@H]1CO[Si](c1ccccc1)(c1ccccc1)C(C)(C)C. The van der Waals surface area contributed by atoms with E-state index < -0.39 is 31.9 Å². The lowest BCUT2D eigenvalue weighted by atomic mass is 10.0. The van der Waals surface area contributed by atoms with Gasteiger partial charge in [-0.15, -0.1) is 0 Å². The maximum absolute atomic E-state index is 12.6. The Labute approximate surface area is 223 Å². The Morgan fingerprint density at radius 3 is 2.13 bits per heavy atom. The van der Waals surface area contributed by atoms with E-state index >= 15 is 0 Å². The number of nitrogens with zero attached hydrogens (tertiary/aromatic N) is 1. The van der Waals surface area contributed by atoms with Gasteiger partial charge in [-0.3, -0.25) is 19.1 Å². The normalized spacial score (nSPS) is 19.9. The number of hydrogen-bond acceptors (Lipinski definition) is 6. The Balaban J connectivity index is 1.70. The Morgan fingerprint density at radius 2 is 1.61 bits per heavy atom. The van der Waals surface area contributed by atoms with Gasteiger partial charge in [0.15, 0.2) is 0 Å². The largest absolute Gasteiger partial charge is 0.465 e. The molecule has 0 bridgehead atoms. The summed E-state index contributed by atoms with van der Waals surface area (Å²) in [6.07, 6.45) is 0.902. The number of aromatic amines is 1. The zero-order valence-corrected chi connectivity index (χ0v) is 23.6. The molecule has 0 spiro atoms. The second-order valence-electron chi connectivity index (χ2n) is 10.9. The van der Waals surface area contributed by atoms with Crippen molar-refractivity contribution in [2.45, 2.75) is 58.4 Å². The summed E-state index contributed by atoms with van der Waals surface area (Å²) in [6, 6.07) is 20.6. The van der Waals surface area contributed by atoms with E-state index in [1.807, 2.05) is 36.4 Å². The minimum Gasteiger partial charge on any atom is -0.465 e. The lowest BCUT2D eigenvalue weighted by Gasteiger charge is -2.43. The molecule has 4 rings (SSSR count). The predicted molar refractivity (Wildman–Crippen MR) is 148 cm³/mol. The molecule has 8 nitrogen and oxygen atoms in total. The van der Waals surface area contributed by atoms with Crippen molar-refractivity contribution in [1.82, 2.24) is 9.55 Å². The highest BCUT2D eigenvalue weighted by Gasteiger charge is 2.51. The fourth-order valence-electron chi connectivity index (χ4n) is 5.30. The molecule has 1 aliphatic heterocycles. The molecule has 1 N–H and O–H groups in total. The Kier molecular flexibility index (Phi) is 8.20. The number of hydrogen-bond donors (Lipinski definition) is 1. The zero-order chi connectivity index (χ0) is 27.5. The molecule has 1 fully saturated rings. The quantitative estimate of drug-likeness (QED) is 0.351. The van der Waals surface area contributed by atoms with Crippen LogP contribution in [0.25, 0.3) is 0 Å². The van der Waals surface area contributed by atoms with Crippen LogP contribution in [-0.2, 0) is 18.7 Å². The second-order valence-corrected chi connectivity index (χ2v) is 15.2. The molecule has 0 aliphatic carbocycles. The van der Waals surface area contributed by atoms with Crippen LogP contribution in [0, 0.1) is 12.8 Å². The van der Waals surface area contributed by atoms with Gasteiger partial charge in [0, 0.05) is 31.0 Å². The summed E-state index contributed by atoms with van der Waals surface area (Å²) < 4.78 is 20.2. The molecule has 0 amide bonds. The summed E-state index contributed by atoms with van der Waals surface area (Å²) in [5, 5.41) is 2.08. The van der Waals surface area contributed by atoms with Gasteiger partial charge in [-0.05, 0) is 22.3 Å². The number of carbonyl (C=O) groups is 1. The van der Waals surface area contributed by atoms with Crippen molar-refractivity contribution in [3.63, 3.8) is 0 Å². The first kappa shape index (κ1) is 27.8. The summed E-state index contributed by atoms with van der Waals surface area (Å²) in [5.41, 5.74) is -0.547. The maximum atomic E-state index is 12.6. The van der Waals surface area contributed by atoms with Crippen LogP contribution in [0.1, 0.15) is 45.9 Å². The van der Waals surface area contributed by atoms with E-state index in [4.69, 9.17) is 13.9 Å². The first-order chi connectivity index (χ1) is 18.0. The summed E-state index contributed by atoms with van der Waals surface area (Å²) in [6.45, 7) is 10.0. The molecule has 2 aromatic carbocycles. The average molecular weight is 537 g/mol. The Hall–Kier alpha value is -3.27.